The number of benzene rings is 1. The van der Waals surface area contributed by atoms with Gasteiger partial charge in [0.2, 0.25) is 5.91 Å². The molecule has 0 aliphatic heterocycles. The SMILES string of the molecule is CSCCC(NC(=O)COc1ccccc1)C(=O)NCCC1=CCCCC1. The van der Waals surface area contributed by atoms with Crippen molar-refractivity contribution in [3.8, 4) is 5.75 Å². The Hall–Kier alpha value is -1.95. The fourth-order valence-electron chi connectivity index (χ4n) is 3.01. The number of allylic oxidation sites excluding steroid dienone is 1. The van der Waals surface area contributed by atoms with E-state index in [1.54, 1.807) is 23.9 Å². The van der Waals surface area contributed by atoms with E-state index in [4.69, 9.17) is 4.74 Å². The van der Waals surface area contributed by atoms with Crippen molar-refractivity contribution in [1.29, 1.82) is 0 Å². The molecule has 0 bridgehead atoms. The molecule has 2 rings (SSSR count). The largest absolute Gasteiger partial charge is 0.484 e. The number of ether oxygens (including phenoxy) is 1. The third-order valence-electron chi connectivity index (χ3n) is 4.51. The predicted molar refractivity (Wildman–Crippen MR) is 111 cm³/mol. The summed E-state index contributed by atoms with van der Waals surface area (Å²) in [6, 6.07) is 8.66. The van der Waals surface area contributed by atoms with Crippen LogP contribution in [0.2, 0.25) is 0 Å². The second kappa shape index (κ2) is 12.4. The molecule has 0 heterocycles. The molecule has 1 unspecified atom stereocenters. The summed E-state index contributed by atoms with van der Waals surface area (Å²) >= 11 is 1.66. The second-order valence-electron chi connectivity index (χ2n) is 6.65. The van der Waals surface area contributed by atoms with Gasteiger partial charge in [0, 0.05) is 6.54 Å². The van der Waals surface area contributed by atoms with Crippen LogP contribution in [0.5, 0.6) is 5.75 Å². The van der Waals surface area contributed by atoms with Gasteiger partial charge in [-0.15, -0.1) is 0 Å². The number of carbonyl (C=O) groups excluding carboxylic acids is 2. The first kappa shape index (κ1) is 21.4. The molecule has 2 N–H and O–H groups in total. The Morgan fingerprint density at radius 3 is 2.74 bits per heavy atom. The highest BCUT2D eigenvalue weighted by Crippen LogP contribution is 2.19. The molecule has 0 radical (unpaired) electrons. The zero-order valence-corrected chi connectivity index (χ0v) is 16.9. The van der Waals surface area contributed by atoms with Crippen LogP contribution in [-0.2, 0) is 9.59 Å². The van der Waals surface area contributed by atoms with Crippen molar-refractivity contribution in [3.05, 3.63) is 42.0 Å². The average molecular weight is 391 g/mol. The molecule has 27 heavy (non-hydrogen) atoms. The van der Waals surface area contributed by atoms with Crippen molar-refractivity contribution in [2.75, 3.05) is 25.2 Å². The van der Waals surface area contributed by atoms with Gasteiger partial charge < -0.3 is 15.4 Å². The molecule has 2 amide bonds. The van der Waals surface area contributed by atoms with Crippen LogP contribution in [0.4, 0.5) is 0 Å². The molecule has 0 saturated carbocycles. The van der Waals surface area contributed by atoms with E-state index in [1.807, 2.05) is 24.5 Å². The van der Waals surface area contributed by atoms with E-state index in [-0.39, 0.29) is 18.4 Å². The van der Waals surface area contributed by atoms with Crippen LogP contribution in [0.1, 0.15) is 38.5 Å². The Morgan fingerprint density at radius 1 is 1.22 bits per heavy atom. The molecule has 1 aromatic carbocycles. The molecule has 0 spiro atoms. The summed E-state index contributed by atoms with van der Waals surface area (Å²) in [5.41, 5.74) is 1.43. The Balaban J connectivity index is 1.76. The van der Waals surface area contributed by atoms with Crippen LogP contribution in [0.25, 0.3) is 0 Å². The summed E-state index contributed by atoms with van der Waals surface area (Å²) in [6.07, 6.45) is 10.6. The van der Waals surface area contributed by atoms with E-state index < -0.39 is 6.04 Å². The maximum absolute atomic E-state index is 12.5. The topological polar surface area (TPSA) is 67.4 Å². The number of thioether (sulfide) groups is 1. The summed E-state index contributed by atoms with van der Waals surface area (Å²) in [4.78, 5) is 24.7. The minimum Gasteiger partial charge on any atom is -0.484 e. The van der Waals surface area contributed by atoms with E-state index in [1.165, 1.54) is 18.4 Å². The quantitative estimate of drug-likeness (QED) is 0.569. The standard InChI is InChI=1S/C21H30N2O3S/c1-27-15-13-19(21(25)22-14-12-17-8-4-2-5-9-17)23-20(24)16-26-18-10-6-3-7-11-18/h3,6-8,10-11,19H,2,4-5,9,12-16H2,1H3,(H,22,25)(H,23,24). The highest BCUT2D eigenvalue weighted by Gasteiger charge is 2.20. The molecule has 1 atom stereocenters. The summed E-state index contributed by atoms with van der Waals surface area (Å²) in [5.74, 6) is 1.05. The predicted octanol–water partition coefficient (Wildman–Crippen LogP) is 3.31. The van der Waals surface area contributed by atoms with Crippen molar-refractivity contribution in [2.24, 2.45) is 0 Å². The fourth-order valence-corrected chi connectivity index (χ4v) is 3.48. The third-order valence-corrected chi connectivity index (χ3v) is 5.15. The normalized spacial score (nSPS) is 14.8. The number of hydrogen-bond acceptors (Lipinski definition) is 4. The Morgan fingerprint density at radius 2 is 2.04 bits per heavy atom. The molecule has 0 saturated heterocycles. The molecule has 0 fully saturated rings. The summed E-state index contributed by atoms with van der Waals surface area (Å²) in [5, 5.41) is 5.78. The van der Waals surface area contributed by atoms with Crippen molar-refractivity contribution in [1.82, 2.24) is 10.6 Å². The fraction of sp³-hybridized carbons (Fsp3) is 0.524. The molecular weight excluding hydrogens is 360 g/mol. The maximum atomic E-state index is 12.5. The molecule has 6 heteroatoms. The molecule has 1 aromatic rings. The number of amides is 2. The Kier molecular flexibility index (Phi) is 9.84. The van der Waals surface area contributed by atoms with E-state index >= 15 is 0 Å². The maximum Gasteiger partial charge on any atom is 0.258 e. The van der Waals surface area contributed by atoms with Crippen molar-refractivity contribution < 1.29 is 14.3 Å². The number of carbonyl (C=O) groups is 2. The van der Waals surface area contributed by atoms with Gasteiger partial charge in [-0.2, -0.15) is 11.8 Å². The lowest BCUT2D eigenvalue weighted by Gasteiger charge is -2.19. The van der Waals surface area contributed by atoms with Gasteiger partial charge in [0.05, 0.1) is 0 Å². The van der Waals surface area contributed by atoms with E-state index in [0.29, 0.717) is 18.7 Å². The molecular formula is C21H30N2O3S. The summed E-state index contributed by atoms with van der Waals surface area (Å²) in [7, 11) is 0. The minimum absolute atomic E-state index is 0.0973. The monoisotopic (exact) mass is 390 g/mol. The zero-order valence-electron chi connectivity index (χ0n) is 16.0. The average Bonchev–Trinajstić information content (AvgIpc) is 2.71. The van der Waals surface area contributed by atoms with Crippen molar-refractivity contribution >= 4 is 23.6 Å². The van der Waals surface area contributed by atoms with Gasteiger partial charge in [-0.1, -0.05) is 29.8 Å². The van der Waals surface area contributed by atoms with Gasteiger partial charge in [-0.3, -0.25) is 9.59 Å². The molecule has 1 aliphatic carbocycles. The van der Waals surface area contributed by atoms with Crippen LogP contribution < -0.4 is 15.4 Å². The van der Waals surface area contributed by atoms with Crippen molar-refractivity contribution in [3.63, 3.8) is 0 Å². The van der Waals surface area contributed by atoms with Crippen LogP contribution in [0.3, 0.4) is 0 Å². The van der Waals surface area contributed by atoms with Gasteiger partial charge in [-0.25, -0.2) is 0 Å². The lowest BCUT2D eigenvalue weighted by Crippen LogP contribution is -2.48. The van der Waals surface area contributed by atoms with Gasteiger partial charge in [0.15, 0.2) is 6.61 Å². The van der Waals surface area contributed by atoms with E-state index in [2.05, 4.69) is 16.7 Å². The lowest BCUT2D eigenvalue weighted by atomic mass is 9.97. The summed E-state index contributed by atoms with van der Waals surface area (Å²) in [6.45, 7) is 0.525. The van der Waals surface area contributed by atoms with Crippen LogP contribution in [-0.4, -0.2) is 43.0 Å². The van der Waals surface area contributed by atoms with E-state index in [9.17, 15) is 9.59 Å². The molecule has 0 aromatic heterocycles. The third kappa shape index (κ3) is 8.52. The van der Waals surface area contributed by atoms with Crippen LogP contribution >= 0.6 is 11.8 Å². The highest BCUT2D eigenvalue weighted by molar-refractivity contribution is 7.98. The van der Waals surface area contributed by atoms with Crippen LogP contribution in [0, 0.1) is 0 Å². The van der Waals surface area contributed by atoms with Crippen LogP contribution in [0.15, 0.2) is 42.0 Å². The number of rotatable bonds is 11. The lowest BCUT2D eigenvalue weighted by molar-refractivity contribution is -0.130. The van der Waals surface area contributed by atoms with Gasteiger partial charge in [-0.05, 0) is 62.7 Å². The first-order chi connectivity index (χ1) is 13.2. The molecule has 1 aliphatic rings. The van der Waals surface area contributed by atoms with Gasteiger partial charge >= 0.3 is 0 Å². The molecule has 148 valence electrons. The first-order valence-corrected chi connectivity index (χ1v) is 11.0. The highest BCUT2D eigenvalue weighted by atomic mass is 32.2. The number of para-hydroxylation sites is 1. The van der Waals surface area contributed by atoms with Crippen molar-refractivity contribution in [2.45, 2.75) is 44.6 Å². The van der Waals surface area contributed by atoms with Gasteiger partial charge in [0.25, 0.3) is 5.91 Å². The Labute approximate surface area is 166 Å². The second-order valence-corrected chi connectivity index (χ2v) is 7.64. The molecule has 5 nitrogen and oxygen atoms in total. The first-order valence-electron chi connectivity index (χ1n) is 9.61. The van der Waals surface area contributed by atoms with Gasteiger partial charge in [0.1, 0.15) is 11.8 Å². The Bertz CT molecular complexity index is 619. The summed E-state index contributed by atoms with van der Waals surface area (Å²) < 4.78 is 5.46. The number of nitrogens with one attached hydrogen (secondary N) is 2. The minimum atomic E-state index is -0.523. The smallest absolute Gasteiger partial charge is 0.258 e. The van der Waals surface area contributed by atoms with E-state index in [0.717, 1.165) is 25.0 Å². The number of hydrogen-bond donors (Lipinski definition) is 2. The zero-order chi connectivity index (χ0) is 19.3.